The molecule has 1 aliphatic rings. The number of aryl methyl sites for hydroxylation is 1. The number of hydrogen-bond donors (Lipinski definition) is 2. The molecule has 0 bridgehead atoms. The summed E-state index contributed by atoms with van der Waals surface area (Å²) in [5.41, 5.74) is 6.44. The van der Waals surface area contributed by atoms with E-state index in [-0.39, 0.29) is 11.9 Å². The molecule has 0 aliphatic heterocycles. The van der Waals surface area contributed by atoms with E-state index in [1.807, 2.05) is 0 Å². The van der Waals surface area contributed by atoms with Gasteiger partial charge >= 0.3 is 0 Å². The molecule has 0 amide bonds. The van der Waals surface area contributed by atoms with Crippen LogP contribution >= 0.6 is 0 Å². The molecule has 4 heteroatoms. The van der Waals surface area contributed by atoms with Crippen LogP contribution in [0.3, 0.4) is 0 Å². The van der Waals surface area contributed by atoms with Gasteiger partial charge in [0, 0.05) is 12.5 Å². The van der Waals surface area contributed by atoms with Crippen molar-refractivity contribution in [2.75, 3.05) is 0 Å². The molecule has 1 atom stereocenters. The van der Waals surface area contributed by atoms with E-state index in [1.165, 1.54) is 0 Å². The van der Waals surface area contributed by atoms with E-state index in [9.17, 15) is 5.11 Å². The number of rotatable bonds is 0. The highest BCUT2D eigenvalue weighted by molar-refractivity contribution is 5.32. The molecule has 1 aromatic rings. The van der Waals surface area contributed by atoms with Gasteiger partial charge in [0.15, 0.2) is 0 Å². The summed E-state index contributed by atoms with van der Waals surface area (Å²) in [6, 6.07) is -0.0926. The summed E-state index contributed by atoms with van der Waals surface area (Å²) in [7, 11) is 0. The van der Waals surface area contributed by atoms with Crippen molar-refractivity contribution >= 4 is 0 Å². The Labute approximate surface area is 64.0 Å². The summed E-state index contributed by atoms with van der Waals surface area (Å²) >= 11 is 0. The lowest BCUT2D eigenvalue weighted by Gasteiger charge is -2.15. The van der Waals surface area contributed by atoms with E-state index in [2.05, 4.69) is 5.16 Å². The molecule has 11 heavy (non-hydrogen) atoms. The van der Waals surface area contributed by atoms with E-state index >= 15 is 0 Å². The first-order valence-electron chi connectivity index (χ1n) is 3.72. The van der Waals surface area contributed by atoms with Crippen LogP contribution in [0.25, 0.3) is 0 Å². The third kappa shape index (κ3) is 0.903. The zero-order chi connectivity index (χ0) is 7.84. The van der Waals surface area contributed by atoms with Crippen LogP contribution in [0.1, 0.15) is 30.2 Å². The number of aromatic hydroxyl groups is 1. The van der Waals surface area contributed by atoms with Crippen LogP contribution in [-0.4, -0.2) is 10.3 Å². The lowest BCUT2D eigenvalue weighted by Crippen LogP contribution is -2.15. The van der Waals surface area contributed by atoms with Crippen LogP contribution in [-0.2, 0) is 6.42 Å². The summed E-state index contributed by atoms with van der Waals surface area (Å²) in [6.45, 7) is 0. The Kier molecular flexibility index (Phi) is 1.35. The van der Waals surface area contributed by atoms with E-state index in [1.54, 1.807) is 0 Å². The minimum atomic E-state index is -0.0926. The number of fused-ring (bicyclic) bond motifs is 1. The normalized spacial score (nSPS) is 23.2. The van der Waals surface area contributed by atoms with Crippen molar-refractivity contribution in [2.24, 2.45) is 5.73 Å². The van der Waals surface area contributed by atoms with Gasteiger partial charge in [0.2, 0.25) is 0 Å². The molecule has 0 radical (unpaired) electrons. The second-order valence-corrected chi connectivity index (χ2v) is 2.84. The Morgan fingerprint density at radius 3 is 3.18 bits per heavy atom. The minimum absolute atomic E-state index is 0.0350. The van der Waals surface area contributed by atoms with Crippen LogP contribution in [0.4, 0.5) is 0 Å². The Hall–Kier alpha value is -1.03. The summed E-state index contributed by atoms with van der Waals surface area (Å²) < 4.78 is 4.88. The van der Waals surface area contributed by atoms with E-state index < -0.39 is 0 Å². The second kappa shape index (κ2) is 2.23. The number of nitrogens with zero attached hydrogens (tertiary/aromatic N) is 1. The maximum absolute atomic E-state index is 9.18. The zero-order valence-corrected chi connectivity index (χ0v) is 6.08. The van der Waals surface area contributed by atoms with Gasteiger partial charge in [-0.2, -0.15) is 0 Å². The van der Waals surface area contributed by atoms with Crippen LogP contribution in [0.2, 0.25) is 0 Å². The highest BCUT2D eigenvalue weighted by atomic mass is 16.5. The first-order chi connectivity index (χ1) is 5.29. The molecule has 0 spiro atoms. The molecule has 0 fully saturated rings. The number of aromatic nitrogens is 1. The van der Waals surface area contributed by atoms with Gasteiger partial charge < -0.3 is 15.4 Å². The average Bonchev–Trinajstić information content (AvgIpc) is 2.34. The molecule has 4 nitrogen and oxygen atoms in total. The van der Waals surface area contributed by atoms with Crippen molar-refractivity contribution in [2.45, 2.75) is 25.3 Å². The topological polar surface area (TPSA) is 72.3 Å². The largest absolute Gasteiger partial charge is 0.491 e. The molecule has 1 heterocycles. The fourth-order valence-electron chi connectivity index (χ4n) is 1.50. The number of hydrogen-bond acceptors (Lipinski definition) is 4. The van der Waals surface area contributed by atoms with E-state index in [0.717, 1.165) is 25.0 Å². The average molecular weight is 154 g/mol. The fourth-order valence-corrected chi connectivity index (χ4v) is 1.50. The molecule has 0 saturated carbocycles. The first kappa shape index (κ1) is 6.67. The fraction of sp³-hybridized carbons (Fsp3) is 0.571. The standard InChI is InChI=1S/C7H10N2O2/c8-4-2-1-3-5-6(4)7(10)9-11-5/h4H,1-3,8H2,(H,9,10). The van der Waals surface area contributed by atoms with Crippen molar-refractivity contribution in [3.8, 4) is 5.88 Å². The molecule has 60 valence electrons. The van der Waals surface area contributed by atoms with E-state index in [4.69, 9.17) is 10.3 Å². The quantitative estimate of drug-likeness (QED) is 0.577. The summed E-state index contributed by atoms with van der Waals surface area (Å²) in [6.07, 6.45) is 2.77. The molecular weight excluding hydrogens is 144 g/mol. The summed E-state index contributed by atoms with van der Waals surface area (Å²) in [5, 5.41) is 12.6. The van der Waals surface area contributed by atoms with Crippen molar-refractivity contribution in [3.05, 3.63) is 11.3 Å². The molecule has 0 saturated heterocycles. The molecule has 1 aliphatic carbocycles. The Bertz CT molecular complexity index is 269. The maximum atomic E-state index is 9.18. The van der Waals surface area contributed by atoms with Crippen molar-refractivity contribution < 1.29 is 9.63 Å². The Morgan fingerprint density at radius 1 is 1.64 bits per heavy atom. The predicted octanol–water partition coefficient (Wildman–Crippen LogP) is 0.716. The van der Waals surface area contributed by atoms with Crippen molar-refractivity contribution in [3.63, 3.8) is 0 Å². The lowest BCUT2D eigenvalue weighted by atomic mass is 9.94. The zero-order valence-electron chi connectivity index (χ0n) is 6.08. The monoisotopic (exact) mass is 154 g/mol. The molecule has 3 N–H and O–H groups in total. The van der Waals surface area contributed by atoms with Crippen LogP contribution in [0.5, 0.6) is 5.88 Å². The molecular formula is C7H10N2O2. The first-order valence-corrected chi connectivity index (χ1v) is 3.72. The lowest BCUT2D eigenvalue weighted by molar-refractivity contribution is 0.338. The number of nitrogens with two attached hydrogens (primary N) is 1. The molecule has 0 aromatic carbocycles. The van der Waals surface area contributed by atoms with Gasteiger partial charge in [0.25, 0.3) is 5.88 Å². The van der Waals surface area contributed by atoms with Crippen molar-refractivity contribution in [1.82, 2.24) is 5.16 Å². The van der Waals surface area contributed by atoms with Gasteiger partial charge in [-0.3, -0.25) is 0 Å². The van der Waals surface area contributed by atoms with Crippen LogP contribution in [0.15, 0.2) is 4.52 Å². The Morgan fingerprint density at radius 2 is 2.45 bits per heavy atom. The van der Waals surface area contributed by atoms with Gasteiger partial charge in [-0.25, -0.2) is 0 Å². The van der Waals surface area contributed by atoms with Gasteiger partial charge in [-0.05, 0) is 18.0 Å². The minimum Gasteiger partial charge on any atom is -0.491 e. The maximum Gasteiger partial charge on any atom is 0.256 e. The third-order valence-corrected chi connectivity index (χ3v) is 2.07. The smallest absolute Gasteiger partial charge is 0.256 e. The molecule has 1 unspecified atom stereocenters. The summed E-state index contributed by atoms with van der Waals surface area (Å²) in [4.78, 5) is 0. The second-order valence-electron chi connectivity index (χ2n) is 2.84. The van der Waals surface area contributed by atoms with Crippen LogP contribution in [0, 0.1) is 0 Å². The highest BCUT2D eigenvalue weighted by Crippen LogP contribution is 2.33. The highest BCUT2D eigenvalue weighted by Gasteiger charge is 2.25. The molecule has 1 aromatic heterocycles. The van der Waals surface area contributed by atoms with Crippen LogP contribution < -0.4 is 5.73 Å². The predicted molar refractivity (Wildman–Crippen MR) is 38.0 cm³/mol. The summed E-state index contributed by atoms with van der Waals surface area (Å²) in [5.74, 6) is 0.716. The third-order valence-electron chi connectivity index (χ3n) is 2.07. The van der Waals surface area contributed by atoms with Crippen molar-refractivity contribution in [1.29, 1.82) is 0 Å². The van der Waals surface area contributed by atoms with E-state index in [0.29, 0.717) is 5.56 Å². The van der Waals surface area contributed by atoms with Gasteiger partial charge in [-0.1, -0.05) is 0 Å². The van der Waals surface area contributed by atoms with Gasteiger partial charge in [0.05, 0.1) is 5.56 Å². The van der Waals surface area contributed by atoms with Gasteiger partial charge in [0.1, 0.15) is 5.76 Å². The van der Waals surface area contributed by atoms with Gasteiger partial charge in [-0.15, -0.1) is 0 Å². The SMILES string of the molecule is NC1CCCc2onc(O)c21. The molecule has 2 rings (SSSR count). The Balaban J connectivity index is 2.48.